The second-order valence-corrected chi connectivity index (χ2v) is 5.96. The first kappa shape index (κ1) is 16.1. The van der Waals surface area contributed by atoms with Crippen LogP contribution in [0.25, 0.3) is 0 Å². The van der Waals surface area contributed by atoms with Crippen LogP contribution in [0, 0.1) is 6.92 Å². The zero-order chi connectivity index (χ0) is 15.4. The third-order valence-electron chi connectivity index (χ3n) is 3.11. The van der Waals surface area contributed by atoms with E-state index in [0.717, 1.165) is 21.2 Å². The summed E-state index contributed by atoms with van der Waals surface area (Å²) in [6.45, 7) is 2.82. The number of rotatable bonds is 5. The smallest absolute Gasteiger partial charge is 0.175 e. The maximum atomic E-state index is 6.22. The van der Waals surface area contributed by atoms with E-state index < -0.39 is 0 Å². The van der Waals surface area contributed by atoms with E-state index in [0.29, 0.717) is 29.7 Å². The zero-order valence-electron chi connectivity index (χ0n) is 12.0. The van der Waals surface area contributed by atoms with Crippen molar-refractivity contribution in [2.24, 2.45) is 5.73 Å². The van der Waals surface area contributed by atoms with E-state index in [1.54, 1.807) is 7.11 Å². The minimum atomic E-state index is 0.371. The van der Waals surface area contributed by atoms with Gasteiger partial charge in [0.15, 0.2) is 11.5 Å². The zero-order valence-corrected chi connectivity index (χ0v) is 14.3. The molecule has 5 heteroatoms. The van der Waals surface area contributed by atoms with Gasteiger partial charge in [0, 0.05) is 17.1 Å². The van der Waals surface area contributed by atoms with E-state index in [4.69, 9.17) is 26.8 Å². The molecule has 3 nitrogen and oxygen atoms in total. The first-order valence-corrected chi connectivity index (χ1v) is 7.66. The summed E-state index contributed by atoms with van der Waals surface area (Å²) in [6, 6.07) is 9.69. The highest BCUT2D eigenvalue weighted by Crippen LogP contribution is 2.37. The van der Waals surface area contributed by atoms with Crippen molar-refractivity contribution >= 4 is 27.5 Å². The van der Waals surface area contributed by atoms with Gasteiger partial charge in [-0.3, -0.25) is 0 Å². The van der Waals surface area contributed by atoms with E-state index in [2.05, 4.69) is 15.9 Å². The third-order valence-corrected chi connectivity index (χ3v) is 4.05. The van der Waals surface area contributed by atoms with Crippen LogP contribution in [0.1, 0.15) is 16.7 Å². The van der Waals surface area contributed by atoms with Gasteiger partial charge in [0.2, 0.25) is 0 Å². The molecule has 0 aliphatic rings. The molecular weight excluding hydrogens is 354 g/mol. The highest BCUT2D eigenvalue weighted by Gasteiger charge is 2.12. The molecule has 0 radical (unpaired) electrons. The van der Waals surface area contributed by atoms with Crippen LogP contribution in [0.2, 0.25) is 5.02 Å². The number of ether oxygens (including phenoxy) is 2. The van der Waals surface area contributed by atoms with Gasteiger partial charge in [-0.2, -0.15) is 0 Å². The summed E-state index contributed by atoms with van der Waals surface area (Å²) in [5.74, 6) is 1.29. The number of hydrogen-bond acceptors (Lipinski definition) is 3. The van der Waals surface area contributed by atoms with Crippen LogP contribution < -0.4 is 15.2 Å². The van der Waals surface area contributed by atoms with E-state index in [9.17, 15) is 0 Å². The number of benzene rings is 2. The molecule has 0 unspecified atom stereocenters. The molecule has 0 saturated carbocycles. The lowest BCUT2D eigenvalue weighted by molar-refractivity contribution is 0.282. The van der Waals surface area contributed by atoms with Gasteiger partial charge in [0.05, 0.1) is 11.6 Å². The Morgan fingerprint density at radius 3 is 2.62 bits per heavy atom. The molecule has 0 heterocycles. The van der Waals surface area contributed by atoms with E-state index in [1.165, 1.54) is 0 Å². The van der Waals surface area contributed by atoms with E-state index >= 15 is 0 Å². The largest absolute Gasteiger partial charge is 0.493 e. The fourth-order valence-electron chi connectivity index (χ4n) is 1.95. The van der Waals surface area contributed by atoms with Crippen LogP contribution in [0.15, 0.2) is 34.8 Å². The molecule has 21 heavy (non-hydrogen) atoms. The van der Waals surface area contributed by atoms with Crippen molar-refractivity contribution in [1.82, 2.24) is 0 Å². The minimum Gasteiger partial charge on any atom is -0.493 e. The van der Waals surface area contributed by atoms with Crippen LogP contribution in [-0.2, 0) is 13.2 Å². The second kappa shape index (κ2) is 7.16. The van der Waals surface area contributed by atoms with Gasteiger partial charge in [-0.05, 0) is 52.2 Å². The van der Waals surface area contributed by atoms with Crippen molar-refractivity contribution in [3.8, 4) is 11.5 Å². The number of hydrogen-bond donors (Lipinski definition) is 1. The average Bonchev–Trinajstić information content (AvgIpc) is 2.46. The van der Waals surface area contributed by atoms with Crippen LogP contribution in [-0.4, -0.2) is 7.11 Å². The van der Waals surface area contributed by atoms with Crippen molar-refractivity contribution in [2.75, 3.05) is 7.11 Å². The van der Waals surface area contributed by atoms with Crippen LogP contribution in [0.3, 0.4) is 0 Å². The number of aryl methyl sites for hydroxylation is 1. The molecule has 2 aromatic carbocycles. The lowest BCUT2D eigenvalue weighted by atomic mass is 10.1. The standard InChI is InChI=1S/C16H17BrClNO2/c1-10-3-4-12(14(18)5-10)9-21-16-13(17)6-11(8-19)7-15(16)20-2/h3-7H,8-9,19H2,1-2H3. The third kappa shape index (κ3) is 3.90. The molecule has 2 N–H and O–H groups in total. The topological polar surface area (TPSA) is 44.5 Å². The molecule has 112 valence electrons. The summed E-state index contributed by atoms with van der Waals surface area (Å²) in [6.07, 6.45) is 0. The predicted molar refractivity (Wildman–Crippen MR) is 89.1 cm³/mol. The number of halogens is 2. The second-order valence-electron chi connectivity index (χ2n) is 4.70. The number of nitrogens with two attached hydrogens (primary N) is 1. The molecule has 0 bridgehead atoms. The lowest BCUT2D eigenvalue weighted by Gasteiger charge is -2.14. The van der Waals surface area contributed by atoms with Gasteiger partial charge in [0.1, 0.15) is 6.61 Å². The summed E-state index contributed by atoms with van der Waals surface area (Å²) >= 11 is 9.71. The van der Waals surface area contributed by atoms with Crippen molar-refractivity contribution in [3.05, 3.63) is 56.5 Å². The highest BCUT2D eigenvalue weighted by atomic mass is 79.9. The van der Waals surface area contributed by atoms with Crippen LogP contribution >= 0.6 is 27.5 Å². The molecule has 0 fully saturated rings. The van der Waals surface area contributed by atoms with Gasteiger partial charge < -0.3 is 15.2 Å². The van der Waals surface area contributed by atoms with Gasteiger partial charge in [-0.25, -0.2) is 0 Å². The summed E-state index contributed by atoms with van der Waals surface area (Å²) in [5, 5.41) is 0.698. The van der Waals surface area contributed by atoms with Gasteiger partial charge in [-0.15, -0.1) is 0 Å². The van der Waals surface area contributed by atoms with Crippen molar-refractivity contribution in [1.29, 1.82) is 0 Å². The molecule has 2 aromatic rings. The first-order valence-electron chi connectivity index (χ1n) is 6.49. The molecule has 0 spiro atoms. The Morgan fingerprint density at radius 2 is 2.00 bits per heavy atom. The normalized spacial score (nSPS) is 10.5. The Kier molecular flexibility index (Phi) is 5.51. The number of methoxy groups -OCH3 is 1. The van der Waals surface area contributed by atoms with Crippen LogP contribution in [0.5, 0.6) is 11.5 Å². The Bertz CT molecular complexity index is 646. The predicted octanol–water partition coefficient (Wildman–Crippen LogP) is 4.46. The molecule has 0 saturated heterocycles. The summed E-state index contributed by atoms with van der Waals surface area (Å²) in [7, 11) is 1.60. The monoisotopic (exact) mass is 369 g/mol. The van der Waals surface area contributed by atoms with Gasteiger partial charge in [-0.1, -0.05) is 23.7 Å². The van der Waals surface area contributed by atoms with Gasteiger partial charge in [0.25, 0.3) is 0 Å². The molecule has 2 rings (SSSR count). The molecule has 0 amide bonds. The van der Waals surface area contributed by atoms with E-state index in [1.807, 2.05) is 37.3 Å². The van der Waals surface area contributed by atoms with Crippen LogP contribution in [0.4, 0.5) is 0 Å². The average molecular weight is 371 g/mol. The lowest BCUT2D eigenvalue weighted by Crippen LogP contribution is -2.02. The highest BCUT2D eigenvalue weighted by molar-refractivity contribution is 9.10. The van der Waals surface area contributed by atoms with E-state index in [-0.39, 0.29) is 0 Å². The molecule has 0 aliphatic carbocycles. The fourth-order valence-corrected chi connectivity index (χ4v) is 2.84. The quantitative estimate of drug-likeness (QED) is 0.845. The fraction of sp³-hybridized carbons (Fsp3) is 0.250. The summed E-state index contributed by atoms with van der Waals surface area (Å²) < 4.78 is 12.0. The molecule has 0 atom stereocenters. The van der Waals surface area contributed by atoms with Crippen molar-refractivity contribution < 1.29 is 9.47 Å². The Balaban J connectivity index is 2.23. The van der Waals surface area contributed by atoms with Crippen molar-refractivity contribution in [2.45, 2.75) is 20.1 Å². The SMILES string of the molecule is COc1cc(CN)cc(Br)c1OCc1ccc(C)cc1Cl. The Labute approximate surface area is 138 Å². The van der Waals surface area contributed by atoms with Crippen molar-refractivity contribution in [3.63, 3.8) is 0 Å². The molecular formula is C16H17BrClNO2. The summed E-state index contributed by atoms with van der Waals surface area (Å²) in [4.78, 5) is 0. The Morgan fingerprint density at radius 1 is 1.24 bits per heavy atom. The Hall–Kier alpha value is -1.23. The maximum Gasteiger partial charge on any atom is 0.175 e. The molecule has 0 aromatic heterocycles. The van der Waals surface area contributed by atoms with Gasteiger partial charge >= 0.3 is 0 Å². The summed E-state index contributed by atoms with van der Waals surface area (Å²) in [5.41, 5.74) is 8.68. The first-order chi connectivity index (χ1) is 10.0. The minimum absolute atomic E-state index is 0.371. The maximum absolute atomic E-state index is 6.22. The molecule has 0 aliphatic heterocycles.